The molecule has 0 amide bonds. The van der Waals surface area contributed by atoms with E-state index in [1.54, 1.807) is 7.11 Å². The Kier molecular flexibility index (Phi) is 7.22. The van der Waals surface area contributed by atoms with Gasteiger partial charge in [-0.2, -0.15) is 0 Å². The topological polar surface area (TPSA) is 56.8 Å². The number of Topliss-reactive ketones (excluding diaryl/α,β-unsaturated/α-hetero) is 1. The molecule has 0 aliphatic carbocycles. The zero-order valence-corrected chi connectivity index (χ0v) is 18.3. The van der Waals surface area contributed by atoms with Crippen molar-refractivity contribution in [2.75, 3.05) is 33.4 Å². The van der Waals surface area contributed by atoms with E-state index in [0.29, 0.717) is 31.3 Å². The number of halogens is 1. The Labute approximate surface area is 187 Å². The van der Waals surface area contributed by atoms with Gasteiger partial charge in [-0.1, -0.05) is 30.3 Å². The van der Waals surface area contributed by atoms with E-state index in [4.69, 9.17) is 14.2 Å². The zero-order valence-electron chi connectivity index (χ0n) is 18.3. The van der Waals surface area contributed by atoms with Crippen molar-refractivity contribution < 1.29 is 23.4 Å². The Morgan fingerprint density at radius 3 is 2.72 bits per heavy atom. The van der Waals surface area contributed by atoms with Gasteiger partial charge in [0.05, 0.1) is 19.3 Å². The minimum Gasteiger partial charge on any atom is -0.496 e. The van der Waals surface area contributed by atoms with E-state index in [-0.39, 0.29) is 17.8 Å². The van der Waals surface area contributed by atoms with Gasteiger partial charge < -0.3 is 19.5 Å². The lowest BCUT2D eigenvalue weighted by Crippen LogP contribution is -2.23. The number of nitrogens with one attached hydrogen (secondary N) is 1. The first-order chi connectivity index (χ1) is 15.7. The average Bonchev–Trinajstić information content (AvgIpc) is 2.81. The molecule has 0 unspecified atom stereocenters. The van der Waals surface area contributed by atoms with Gasteiger partial charge in [-0.25, -0.2) is 4.39 Å². The molecule has 6 heteroatoms. The van der Waals surface area contributed by atoms with Crippen LogP contribution in [-0.4, -0.2) is 39.2 Å². The van der Waals surface area contributed by atoms with Crippen LogP contribution in [0.2, 0.25) is 0 Å². The first-order valence-corrected chi connectivity index (χ1v) is 11.0. The molecule has 1 aliphatic rings. The fourth-order valence-electron chi connectivity index (χ4n) is 4.07. The van der Waals surface area contributed by atoms with Crippen LogP contribution in [0.5, 0.6) is 17.2 Å². The number of ketones is 1. The van der Waals surface area contributed by atoms with Crippen LogP contribution in [0, 0.1) is 5.82 Å². The molecule has 32 heavy (non-hydrogen) atoms. The molecular formula is C26H28FNO4. The van der Waals surface area contributed by atoms with E-state index in [2.05, 4.69) is 29.6 Å². The van der Waals surface area contributed by atoms with Gasteiger partial charge in [0.2, 0.25) is 0 Å². The standard InChI is InChI=1S/C26H28FNO4/c1-30-24-10-9-18(20-7-2-3-8-21(20)24)6-4-5-12-28-13-15-31-25-17-19(27)16-22-23(29)11-14-32-26(22)25/h2-3,7-10,16-17,28H,4-6,11-15H2,1H3. The summed E-state index contributed by atoms with van der Waals surface area (Å²) in [5.41, 5.74) is 1.60. The number of hydrogen-bond donors (Lipinski definition) is 1. The first kappa shape index (κ1) is 22.1. The summed E-state index contributed by atoms with van der Waals surface area (Å²) in [6, 6.07) is 15.0. The highest BCUT2D eigenvalue weighted by Gasteiger charge is 2.23. The maximum atomic E-state index is 13.8. The Morgan fingerprint density at radius 1 is 1.03 bits per heavy atom. The number of unbranched alkanes of at least 4 members (excludes halogenated alkanes) is 1. The zero-order chi connectivity index (χ0) is 22.3. The quantitative estimate of drug-likeness (QED) is 0.455. The van der Waals surface area contributed by atoms with Gasteiger partial charge in [0.25, 0.3) is 0 Å². The van der Waals surface area contributed by atoms with E-state index in [0.717, 1.165) is 36.9 Å². The Balaban J connectivity index is 1.20. The minimum absolute atomic E-state index is 0.113. The molecule has 0 fully saturated rings. The van der Waals surface area contributed by atoms with Crippen molar-refractivity contribution in [1.82, 2.24) is 5.32 Å². The lowest BCUT2D eigenvalue weighted by atomic mass is 9.99. The van der Waals surface area contributed by atoms with Crippen LogP contribution in [0.25, 0.3) is 10.8 Å². The molecule has 4 rings (SSSR count). The number of benzene rings is 3. The minimum atomic E-state index is -0.489. The molecular weight excluding hydrogens is 409 g/mol. The molecule has 0 saturated carbocycles. The van der Waals surface area contributed by atoms with Crippen LogP contribution in [0.1, 0.15) is 35.2 Å². The molecule has 3 aromatic rings. The monoisotopic (exact) mass is 437 g/mol. The largest absolute Gasteiger partial charge is 0.496 e. The fraction of sp³-hybridized carbons (Fsp3) is 0.346. The second-order valence-electron chi connectivity index (χ2n) is 7.83. The summed E-state index contributed by atoms with van der Waals surface area (Å²) >= 11 is 0. The van der Waals surface area contributed by atoms with Gasteiger partial charge >= 0.3 is 0 Å². The number of methoxy groups -OCH3 is 1. The van der Waals surface area contributed by atoms with Gasteiger partial charge in [0.15, 0.2) is 17.3 Å². The summed E-state index contributed by atoms with van der Waals surface area (Å²) in [5.74, 6) is 0.950. The van der Waals surface area contributed by atoms with Crippen LogP contribution in [0.4, 0.5) is 4.39 Å². The number of hydrogen-bond acceptors (Lipinski definition) is 5. The van der Waals surface area contributed by atoms with Crippen molar-refractivity contribution in [2.45, 2.75) is 25.7 Å². The molecule has 1 heterocycles. The Morgan fingerprint density at radius 2 is 1.88 bits per heavy atom. The normalized spacial score (nSPS) is 13.0. The number of fused-ring (bicyclic) bond motifs is 2. The molecule has 5 nitrogen and oxygen atoms in total. The van der Waals surface area contributed by atoms with Crippen molar-refractivity contribution in [1.29, 1.82) is 0 Å². The second kappa shape index (κ2) is 10.5. The van der Waals surface area contributed by atoms with Gasteiger partial charge in [-0.05, 0) is 48.9 Å². The highest BCUT2D eigenvalue weighted by Crippen LogP contribution is 2.36. The summed E-state index contributed by atoms with van der Waals surface area (Å²) in [4.78, 5) is 12.0. The van der Waals surface area contributed by atoms with E-state index in [1.165, 1.54) is 23.1 Å². The number of carbonyl (C=O) groups is 1. The van der Waals surface area contributed by atoms with Crippen molar-refractivity contribution >= 4 is 16.6 Å². The predicted molar refractivity (Wildman–Crippen MR) is 123 cm³/mol. The molecule has 1 aliphatic heterocycles. The Bertz CT molecular complexity index is 1100. The molecule has 168 valence electrons. The van der Waals surface area contributed by atoms with E-state index < -0.39 is 5.82 Å². The first-order valence-electron chi connectivity index (χ1n) is 11.0. The van der Waals surface area contributed by atoms with Gasteiger partial charge in [-0.15, -0.1) is 0 Å². The van der Waals surface area contributed by atoms with Crippen LogP contribution < -0.4 is 19.5 Å². The predicted octanol–water partition coefficient (Wildman–Crippen LogP) is 4.94. The summed E-state index contributed by atoms with van der Waals surface area (Å²) in [7, 11) is 1.70. The average molecular weight is 438 g/mol. The molecule has 0 radical (unpaired) electrons. The third-order valence-electron chi connectivity index (χ3n) is 5.68. The van der Waals surface area contributed by atoms with E-state index in [1.807, 2.05) is 12.1 Å². The van der Waals surface area contributed by atoms with Gasteiger partial charge in [0.1, 0.15) is 18.2 Å². The lowest BCUT2D eigenvalue weighted by Gasteiger charge is -2.19. The summed E-state index contributed by atoms with van der Waals surface area (Å²) in [6.45, 7) is 2.17. The molecule has 0 bridgehead atoms. The molecule has 0 atom stereocenters. The molecule has 0 saturated heterocycles. The van der Waals surface area contributed by atoms with Crippen molar-refractivity contribution in [2.24, 2.45) is 0 Å². The van der Waals surface area contributed by atoms with E-state index >= 15 is 0 Å². The molecule has 1 N–H and O–H groups in total. The third kappa shape index (κ3) is 5.02. The van der Waals surface area contributed by atoms with Crippen LogP contribution in [0.15, 0.2) is 48.5 Å². The Hall–Kier alpha value is -3.12. The van der Waals surface area contributed by atoms with Crippen LogP contribution in [0.3, 0.4) is 0 Å². The number of carbonyl (C=O) groups excluding carboxylic acids is 1. The number of ether oxygens (including phenoxy) is 3. The summed E-state index contributed by atoms with van der Waals surface area (Å²) in [6.07, 6.45) is 3.37. The molecule has 3 aromatic carbocycles. The van der Waals surface area contributed by atoms with Crippen molar-refractivity contribution in [3.05, 3.63) is 65.5 Å². The number of aryl methyl sites for hydroxylation is 1. The van der Waals surface area contributed by atoms with Gasteiger partial charge in [-0.3, -0.25) is 4.79 Å². The van der Waals surface area contributed by atoms with Gasteiger partial charge in [0, 0.05) is 24.4 Å². The van der Waals surface area contributed by atoms with E-state index in [9.17, 15) is 9.18 Å². The van der Waals surface area contributed by atoms with Crippen molar-refractivity contribution in [3.63, 3.8) is 0 Å². The summed E-state index contributed by atoms with van der Waals surface area (Å²) < 4.78 is 30.5. The smallest absolute Gasteiger partial charge is 0.172 e. The third-order valence-corrected chi connectivity index (χ3v) is 5.68. The lowest BCUT2D eigenvalue weighted by molar-refractivity contribution is 0.0928. The summed E-state index contributed by atoms with van der Waals surface area (Å²) in [5, 5.41) is 5.74. The highest BCUT2D eigenvalue weighted by molar-refractivity contribution is 6.00. The SMILES string of the molecule is COc1ccc(CCCCNCCOc2cc(F)cc3c2OCCC3=O)c2ccccc12. The number of rotatable bonds is 10. The highest BCUT2D eigenvalue weighted by atomic mass is 19.1. The fourth-order valence-corrected chi connectivity index (χ4v) is 4.07. The van der Waals surface area contributed by atoms with Crippen molar-refractivity contribution in [3.8, 4) is 17.2 Å². The maximum absolute atomic E-state index is 13.8. The molecule has 0 spiro atoms. The second-order valence-corrected chi connectivity index (χ2v) is 7.83. The van der Waals surface area contributed by atoms with Crippen LogP contribution in [-0.2, 0) is 6.42 Å². The van der Waals surface area contributed by atoms with Crippen LogP contribution >= 0.6 is 0 Å². The molecule has 0 aromatic heterocycles. The maximum Gasteiger partial charge on any atom is 0.172 e.